The molecule has 43 heavy (non-hydrogen) atoms. The predicted molar refractivity (Wildman–Crippen MR) is 181 cm³/mol. The minimum Gasteiger partial charge on any atom is -0.427 e. The Morgan fingerprint density at radius 1 is 0.628 bits per heavy atom. The van der Waals surface area contributed by atoms with Gasteiger partial charge in [-0.1, -0.05) is 90.4 Å². The molecule has 1 aliphatic rings. The van der Waals surface area contributed by atoms with E-state index in [2.05, 4.69) is 137 Å². The summed E-state index contributed by atoms with van der Waals surface area (Å²) in [5.41, 5.74) is 9.71. The zero-order chi connectivity index (χ0) is 29.8. The number of nitrogens with zero attached hydrogens (tertiary/aromatic N) is 2. The zero-order valence-electron chi connectivity index (χ0n) is 25.1. The lowest BCUT2D eigenvalue weighted by Gasteiger charge is -2.37. The minimum atomic E-state index is -0.978. The van der Waals surface area contributed by atoms with E-state index in [0.717, 1.165) is 44.8 Å². The fourth-order valence-corrected chi connectivity index (χ4v) is 5.98. The second-order valence-corrected chi connectivity index (χ2v) is 12.3. The van der Waals surface area contributed by atoms with Gasteiger partial charge in [0, 0.05) is 33.5 Å². The first kappa shape index (κ1) is 27.3. The summed E-state index contributed by atoms with van der Waals surface area (Å²) in [5, 5.41) is 11.9. The largest absolute Gasteiger partial charge is 0.427 e. The van der Waals surface area contributed by atoms with Crippen molar-refractivity contribution in [2.24, 2.45) is 0 Å². The van der Waals surface area contributed by atoms with E-state index in [1.54, 1.807) is 13.8 Å². The molecular weight excluding hydrogens is 527 g/mol. The van der Waals surface area contributed by atoms with Gasteiger partial charge < -0.3 is 19.2 Å². The summed E-state index contributed by atoms with van der Waals surface area (Å²) in [7, 11) is 0.395. The quantitative estimate of drug-likeness (QED) is 0.207. The molecule has 0 amide bonds. The van der Waals surface area contributed by atoms with Crippen molar-refractivity contribution < 1.29 is 9.76 Å². The molecule has 1 N–H and O–H groups in total. The Bertz CT molecular complexity index is 1940. The lowest BCUT2D eigenvalue weighted by molar-refractivity contribution is -0.0893. The Morgan fingerprint density at radius 3 is 1.84 bits per heavy atom. The van der Waals surface area contributed by atoms with Gasteiger partial charge in [0.05, 0.1) is 33.8 Å². The second kappa shape index (κ2) is 10.3. The molecule has 0 unspecified atom stereocenters. The molecule has 7 rings (SSSR count). The first-order valence-electron chi connectivity index (χ1n) is 14.9. The molecular formula is C38H35BN2O2. The molecule has 0 saturated heterocycles. The third kappa shape index (κ3) is 4.57. The summed E-state index contributed by atoms with van der Waals surface area (Å²) in [6.45, 7) is 7.47. The highest BCUT2D eigenvalue weighted by Crippen LogP contribution is 2.54. The van der Waals surface area contributed by atoms with Gasteiger partial charge in [-0.2, -0.15) is 0 Å². The van der Waals surface area contributed by atoms with E-state index in [4.69, 9.17) is 4.65 Å². The Labute approximate surface area is 254 Å². The number of hydrogen-bond donors (Lipinski definition) is 1. The molecule has 1 aromatic heterocycles. The van der Waals surface area contributed by atoms with Crippen LogP contribution in [0.3, 0.4) is 0 Å². The molecule has 6 aromatic rings. The van der Waals surface area contributed by atoms with Crippen molar-refractivity contribution in [1.82, 2.24) is 4.57 Å². The van der Waals surface area contributed by atoms with Crippen LogP contribution in [0, 0.1) is 0 Å². The van der Waals surface area contributed by atoms with Gasteiger partial charge in [0.15, 0.2) is 0 Å². The molecule has 0 atom stereocenters. The van der Waals surface area contributed by atoms with E-state index in [9.17, 15) is 5.11 Å². The summed E-state index contributed by atoms with van der Waals surface area (Å²) in [4.78, 5) is 2.38. The van der Waals surface area contributed by atoms with Crippen LogP contribution in [0.5, 0.6) is 0 Å². The summed E-state index contributed by atoms with van der Waals surface area (Å²) >= 11 is 0. The second-order valence-electron chi connectivity index (χ2n) is 12.3. The van der Waals surface area contributed by atoms with Gasteiger partial charge in [0.25, 0.3) is 0 Å². The van der Waals surface area contributed by atoms with E-state index in [1.807, 2.05) is 13.8 Å². The maximum absolute atomic E-state index is 10.7. The first-order chi connectivity index (χ1) is 20.7. The molecule has 0 radical (unpaired) electrons. The monoisotopic (exact) mass is 562 g/mol. The van der Waals surface area contributed by atoms with Crippen LogP contribution in [-0.2, 0) is 4.65 Å². The smallest absolute Gasteiger partial charge is 0.309 e. The minimum absolute atomic E-state index is 0.395. The summed E-state index contributed by atoms with van der Waals surface area (Å²) in [6.07, 6.45) is 0. The fraction of sp³-hybridized carbons (Fsp3) is 0.158. The van der Waals surface area contributed by atoms with Crippen molar-refractivity contribution in [3.05, 3.63) is 127 Å². The molecule has 0 saturated carbocycles. The van der Waals surface area contributed by atoms with Crippen LogP contribution in [0.2, 0.25) is 0 Å². The topological polar surface area (TPSA) is 37.6 Å². The third-order valence-electron chi connectivity index (χ3n) is 8.95. The lowest BCUT2D eigenvalue weighted by atomic mass is 9.82. The number of aromatic nitrogens is 1. The van der Waals surface area contributed by atoms with Crippen molar-refractivity contribution in [2.75, 3.05) is 4.90 Å². The highest BCUT2D eigenvalue weighted by molar-refractivity contribution is 6.47. The van der Waals surface area contributed by atoms with Crippen LogP contribution in [0.15, 0.2) is 127 Å². The van der Waals surface area contributed by atoms with Crippen LogP contribution >= 0.6 is 0 Å². The molecule has 4 nitrogen and oxygen atoms in total. The Morgan fingerprint density at radius 2 is 1.19 bits per heavy atom. The molecule has 1 aliphatic heterocycles. The van der Waals surface area contributed by atoms with E-state index < -0.39 is 11.2 Å². The number of anilines is 3. The maximum Gasteiger partial charge on any atom is 0.309 e. The number of aliphatic hydroxyl groups is 1. The third-order valence-corrected chi connectivity index (χ3v) is 8.95. The number of rotatable bonds is 6. The Kier molecular flexibility index (Phi) is 6.53. The maximum atomic E-state index is 10.7. The van der Waals surface area contributed by atoms with E-state index in [-0.39, 0.29) is 0 Å². The van der Waals surface area contributed by atoms with Crippen molar-refractivity contribution in [1.29, 1.82) is 0 Å². The van der Waals surface area contributed by atoms with Gasteiger partial charge in [-0.3, -0.25) is 0 Å². The normalized spacial score (nSPS) is 12.8. The van der Waals surface area contributed by atoms with Gasteiger partial charge in [-0.25, -0.2) is 0 Å². The lowest BCUT2D eigenvalue weighted by Crippen LogP contribution is -2.49. The summed E-state index contributed by atoms with van der Waals surface area (Å²) in [6, 6.07) is 45.3. The molecule has 5 heteroatoms. The molecule has 212 valence electrons. The highest BCUT2D eigenvalue weighted by atomic mass is 16.5. The van der Waals surface area contributed by atoms with Gasteiger partial charge in [0.1, 0.15) is 0 Å². The van der Waals surface area contributed by atoms with E-state index >= 15 is 0 Å². The fourth-order valence-electron chi connectivity index (χ4n) is 5.98. The molecule has 5 aromatic carbocycles. The summed E-state index contributed by atoms with van der Waals surface area (Å²) < 4.78 is 8.73. The van der Waals surface area contributed by atoms with E-state index in [0.29, 0.717) is 7.48 Å². The van der Waals surface area contributed by atoms with Gasteiger partial charge in [0.2, 0.25) is 0 Å². The number of para-hydroxylation sites is 4. The van der Waals surface area contributed by atoms with Gasteiger partial charge in [-0.15, -0.1) is 0 Å². The highest BCUT2D eigenvalue weighted by Gasteiger charge is 2.36. The average molecular weight is 563 g/mol. The number of hydrogen-bond acceptors (Lipinski definition) is 3. The Hall–Kier alpha value is -4.58. The predicted octanol–water partition coefficient (Wildman–Crippen LogP) is 8.29. The molecule has 0 fully saturated rings. The van der Waals surface area contributed by atoms with E-state index in [1.165, 1.54) is 16.7 Å². The van der Waals surface area contributed by atoms with Crippen molar-refractivity contribution >= 4 is 40.9 Å². The van der Waals surface area contributed by atoms with Crippen LogP contribution in [0.4, 0.5) is 17.1 Å². The van der Waals surface area contributed by atoms with Crippen LogP contribution in [0.1, 0.15) is 27.7 Å². The molecule has 0 bridgehead atoms. The standard InChI is InChI=1S/C38H35BN2O2/c1-37(2,42)38(3,4)43-39-26-23-24-34-31(25-26)35-29-19-11-13-21-32(29)40(27-15-7-5-8-16-27)33-22-14-12-20-30(33)36(35)41(34)28-17-9-6-10-18-28/h5-25,39,42H,1-4H3. The van der Waals surface area contributed by atoms with Gasteiger partial charge >= 0.3 is 7.48 Å². The van der Waals surface area contributed by atoms with Crippen molar-refractivity contribution in [2.45, 2.75) is 38.9 Å². The van der Waals surface area contributed by atoms with Gasteiger partial charge in [-0.05, 0) is 70.2 Å². The Balaban J connectivity index is 1.54. The molecule has 2 heterocycles. The van der Waals surface area contributed by atoms with Crippen LogP contribution in [0.25, 0.3) is 39.0 Å². The first-order valence-corrected chi connectivity index (χ1v) is 14.9. The molecule has 0 aliphatic carbocycles. The number of fused-ring (bicyclic) bond motifs is 7. The zero-order valence-corrected chi connectivity index (χ0v) is 25.1. The van der Waals surface area contributed by atoms with Crippen molar-refractivity contribution in [3.8, 4) is 28.1 Å². The van der Waals surface area contributed by atoms with Crippen molar-refractivity contribution in [3.63, 3.8) is 0 Å². The van der Waals surface area contributed by atoms with Crippen LogP contribution < -0.4 is 10.4 Å². The van der Waals surface area contributed by atoms with Crippen LogP contribution in [-0.4, -0.2) is 28.4 Å². The average Bonchev–Trinajstić information content (AvgIpc) is 3.29. The molecule has 0 spiro atoms. The SMILES string of the molecule is CC(C)(O)C(C)(C)OBc1ccc2c(c1)c1c(n2-c2ccccc2)-c2ccccc2N(c2ccccc2)c2ccccc2-1. The summed E-state index contributed by atoms with van der Waals surface area (Å²) in [5.74, 6) is 0. The number of benzene rings is 5.